The molecular weight excluding hydrogens is 653 g/mol. The third-order valence-corrected chi connectivity index (χ3v) is 8.54. The number of nitro benzene ring substituents is 1. The van der Waals surface area contributed by atoms with Crippen molar-refractivity contribution in [1.29, 1.82) is 0 Å². The van der Waals surface area contributed by atoms with Gasteiger partial charge in [0.2, 0.25) is 5.91 Å². The molecule has 0 aliphatic heterocycles. The summed E-state index contributed by atoms with van der Waals surface area (Å²) in [6.07, 6.45) is -1.26. The van der Waals surface area contributed by atoms with Crippen molar-refractivity contribution in [2.75, 3.05) is 11.9 Å². The SMILES string of the molecule is CC(C)[C@@H](CN(Cc1cccc2ccccc12)C(=S)Nc1cccc(C(F)(F)F)c1)NC(=O)Cc1cncn1Cc1ccc([N+](=O)[O-])cc1. The number of non-ortho nitro benzene ring substituents is 1. The number of carbonyl (C=O) groups excluding carboxylic acids is 1. The summed E-state index contributed by atoms with van der Waals surface area (Å²) in [5, 5.41) is 19.4. The molecule has 13 heteroatoms. The van der Waals surface area contributed by atoms with Crippen molar-refractivity contribution in [3.63, 3.8) is 0 Å². The number of carbonyl (C=O) groups is 1. The van der Waals surface area contributed by atoms with Crippen LogP contribution >= 0.6 is 12.2 Å². The van der Waals surface area contributed by atoms with Gasteiger partial charge in [0.05, 0.1) is 23.2 Å². The van der Waals surface area contributed by atoms with Crippen LogP contribution in [0.5, 0.6) is 0 Å². The van der Waals surface area contributed by atoms with Crippen LogP contribution in [0.15, 0.2) is 104 Å². The molecule has 2 N–H and O–H groups in total. The lowest BCUT2D eigenvalue weighted by molar-refractivity contribution is -0.384. The highest BCUT2D eigenvalue weighted by atomic mass is 32.1. The Bertz CT molecular complexity index is 1940. The lowest BCUT2D eigenvalue weighted by Crippen LogP contribution is -2.49. The van der Waals surface area contributed by atoms with Gasteiger partial charge in [0.15, 0.2) is 5.11 Å². The zero-order chi connectivity index (χ0) is 35.1. The summed E-state index contributed by atoms with van der Waals surface area (Å²) in [4.78, 5) is 30.1. The third kappa shape index (κ3) is 9.20. The number of hydrogen-bond donors (Lipinski definition) is 2. The fourth-order valence-corrected chi connectivity index (χ4v) is 5.73. The number of aromatic nitrogens is 2. The van der Waals surface area contributed by atoms with E-state index in [0.29, 0.717) is 18.8 Å². The molecule has 0 unspecified atom stereocenters. The van der Waals surface area contributed by atoms with Gasteiger partial charge in [-0.1, -0.05) is 74.5 Å². The summed E-state index contributed by atoms with van der Waals surface area (Å²) in [6, 6.07) is 24.5. The van der Waals surface area contributed by atoms with Gasteiger partial charge < -0.3 is 20.1 Å². The number of amides is 1. The molecule has 0 saturated carbocycles. The predicted molar refractivity (Wildman–Crippen MR) is 187 cm³/mol. The Morgan fingerprint density at radius 3 is 2.45 bits per heavy atom. The molecule has 254 valence electrons. The molecule has 1 amide bonds. The van der Waals surface area contributed by atoms with Crippen LogP contribution < -0.4 is 10.6 Å². The number of halogens is 3. The number of fused-ring (bicyclic) bond motifs is 1. The van der Waals surface area contributed by atoms with E-state index in [2.05, 4.69) is 15.6 Å². The molecule has 0 bridgehead atoms. The van der Waals surface area contributed by atoms with Gasteiger partial charge in [-0.05, 0) is 58.2 Å². The summed E-state index contributed by atoms with van der Waals surface area (Å²) in [7, 11) is 0. The number of hydrogen-bond acceptors (Lipinski definition) is 5. The monoisotopic (exact) mass is 688 g/mol. The maximum Gasteiger partial charge on any atom is 0.416 e. The first-order valence-electron chi connectivity index (χ1n) is 15.6. The first-order chi connectivity index (χ1) is 23.4. The maximum absolute atomic E-state index is 13.5. The van der Waals surface area contributed by atoms with Gasteiger partial charge in [-0.15, -0.1) is 0 Å². The van der Waals surface area contributed by atoms with Gasteiger partial charge in [0.25, 0.3) is 5.69 Å². The van der Waals surface area contributed by atoms with Crippen LogP contribution in [-0.4, -0.2) is 43.0 Å². The summed E-state index contributed by atoms with van der Waals surface area (Å²) >= 11 is 5.80. The zero-order valence-electron chi connectivity index (χ0n) is 26.9. The molecule has 9 nitrogen and oxygen atoms in total. The fraction of sp³-hybridized carbons (Fsp3) is 0.250. The molecule has 1 aromatic heterocycles. The topological polar surface area (TPSA) is 105 Å². The number of anilines is 1. The Morgan fingerprint density at radius 2 is 1.73 bits per heavy atom. The molecule has 4 aromatic carbocycles. The predicted octanol–water partition coefficient (Wildman–Crippen LogP) is 7.59. The second-order valence-electron chi connectivity index (χ2n) is 12.1. The van der Waals surface area contributed by atoms with Crippen molar-refractivity contribution in [1.82, 2.24) is 19.8 Å². The van der Waals surface area contributed by atoms with Gasteiger partial charge in [-0.25, -0.2) is 4.98 Å². The van der Waals surface area contributed by atoms with Crippen LogP contribution in [0, 0.1) is 16.0 Å². The Morgan fingerprint density at radius 1 is 1.02 bits per heavy atom. The van der Waals surface area contributed by atoms with E-state index in [-0.39, 0.29) is 47.3 Å². The summed E-state index contributed by atoms with van der Waals surface area (Å²) < 4.78 is 42.2. The second-order valence-corrected chi connectivity index (χ2v) is 12.4. The molecule has 0 saturated heterocycles. The van der Waals surface area contributed by atoms with Crippen molar-refractivity contribution in [2.45, 2.75) is 45.6 Å². The number of imidazole rings is 1. The number of nitrogens with one attached hydrogen (secondary N) is 2. The van der Waals surface area contributed by atoms with E-state index in [1.807, 2.05) is 65.8 Å². The van der Waals surface area contributed by atoms with Crippen LogP contribution in [0.4, 0.5) is 24.5 Å². The molecule has 5 rings (SSSR count). The van der Waals surface area contributed by atoms with E-state index in [0.717, 1.165) is 34.0 Å². The molecule has 5 aromatic rings. The molecule has 0 fully saturated rings. The minimum Gasteiger partial charge on any atom is -0.351 e. The van der Waals surface area contributed by atoms with Gasteiger partial charge in [0.1, 0.15) is 0 Å². The molecule has 0 aliphatic carbocycles. The maximum atomic E-state index is 13.5. The van der Waals surface area contributed by atoms with Crippen molar-refractivity contribution in [3.8, 4) is 0 Å². The number of nitro groups is 1. The number of alkyl halides is 3. The lowest BCUT2D eigenvalue weighted by atomic mass is 10.0. The van der Waals surface area contributed by atoms with E-state index in [1.54, 1.807) is 24.7 Å². The van der Waals surface area contributed by atoms with E-state index in [4.69, 9.17) is 12.2 Å². The molecular formula is C36H35F3N6O3S. The van der Waals surface area contributed by atoms with E-state index in [1.165, 1.54) is 24.3 Å². The van der Waals surface area contributed by atoms with Gasteiger partial charge in [-0.2, -0.15) is 13.2 Å². The highest BCUT2D eigenvalue weighted by molar-refractivity contribution is 7.80. The second kappa shape index (κ2) is 15.3. The number of rotatable bonds is 12. The first-order valence-corrected chi connectivity index (χ1v) is 16.0. The van der Waals surface area contributed by atoms with Crippen LogP contribution in [-0.2, 0) is 30.5 Å². The fourth-order valence-electron chi connectivity index (χ4n) is 5.47. The van der Waals surface area contributed by atoms with E-state index in [9.17, 15) is 28.1 Å². The lowest BCUT2D eigenvalue weighted by Gasteiger charge is -2.33. The van der Waals surface area contributed by atoms with Crippen LogP contribution in [0.1, 0.15) is 36.2 Å². The first kappa shape index (κ1) is 35.0. The van der Waals surface area contributed by atoms with Crippen molar-refractivity contribution >= 4 is 45.4 Å². The Balaban J connectivity index is 1.34. The highest BCUT2D eigenvalue weighted by Crippen LogP contribution is 2.31. The Hall–Kier alpha value is -5.30. The molecule has 0 spiro atoms. The number of benzene rings is 4. The van der Waals surface area contributed by atoms with Crippen LogP contribution in [0.2, 0.25) is 0 Å². The zero-order valence-corrected chi connectivity index (χ0v) is 27.7. The average Bonchev–Trinajstić information content (AvgIpc) is 3.49. The van der Waals surface area contributed by atoms with Gasteiger partial charge in [-0.3, -0.25) is 14.9 Å². The van der Waals surface area contributed by atoms with Crippen molar-refractivity contribution in [3.05, 3.63) is 136 Å². The van der Waals surface area contributed by atoms with Gasteiger partial charge >= 0.3 is 6.18 Å². The Kier molecular flexibility index (Phi) is 10.9. The molecule has 1 atom stereocenters. The Labute approximate surface area is 286 Å². The van der Waals surface area contributed by atoms with E-state index < -0.39 is 16.7 Å². The summed E-state index contributed by atoms with van der Waals surface area (Å²) in [5.74, 6) is -0.272. The molecule has 0 radical (unpaired) electrons. The highest BCUT2D eigenvalue weighted by Gasteiger charge is 2.31. The summed E-state index contributed by atoms with van der Waals surface area (Å²) in [5.41, 5.74) is 1.85. The normalized spacial score (nSPS) is 12.1. The smallest absolute Gasteiger partial charge is 0.351 e. The number of nitrogens with zero attached hydrogens (tertiary/aromatic N) is 4. The molecule has 1 heterocycles. The minimum atomic E-state index is -4.51. The van der Waals surface area contributed by atoms with Crippen molar-refractivity contribution in [2.24, 2.45) is 5.92 Å². The number of thiocarbonyl (C=S) groups is 1. The molecule has 0 aliphatic rings. The van der Waals surface area contributed by atoms with E-state index >= 15 is 0 Å². The molecule has 49 heavy (non-hydrogen) atoms. The van der Waals surface area contributed by atoms with Crippen LogP contribution in [0.25, 0.3) is 10.8 Å². The minimum absolute atomic E-state index is 0.00675. The summed E-state index contributed by atoms with van der Waals surface area (Å²) in [6.45, 7) is 4.95. The average molecular weight is 689 g/mol. The largest absolute Gasteiger partial charge is 0.416 e. The van der Waals surface area contributed by atoms with Crippen molar-refractivity contribution < 1.29 is 22.9 Å². The third-order valence-electron chi connectivity index (χ3n) is 8.18. The van der Waals surface area contributed by atoms with Crippen LogP contribution in [0.3, 0.4) is 0 Å². The standard InChI is InChI=1S/C36H35F3N6O3S/c1-24(2)33(42-34(46)18-31-19-40-23-44(31)20-25-13-15-30(16-14-25)45(47)48)22-43(21-27-9-5-8-26-7-3-4-12-32(26)27)35(49)41-29-11-6-10-28(17-29)36(37,38)39/h3-17,19,23-24,33H,18,20-22H2,1-2H3,(H,41,49)(H,42,46)/t33-/m1/s1. The van der Waals surface area contributed by atoms with Gasteiger partial charge in [0, 0.05) is 55.4 Å². The quantitative estimate of drug-likeness (QED) is 0.0791.